The number of carbonyl (C=O) groups is 1. The standard InChI is InChI=1S/C13H15NO4S/c1-4-5-9-6-7-10(13(15)18-2)11(8-14)12(9)19(3,16)17/h6-7H,4-5H2,1-3H3. The van der Waals surface area contributed by atoms with Gasteiger partial charge in [0, 0.05) is 6.26 Å². The van der Waals surface area contributed by atoms with Gasteiger partial charge in [0.2, 0.25) is 0 Å². The summed E-state index contributed by atoms with van der Waals surface area (Å²) in [6, 6.07) is 4.80. The van der Waals surface area contributed by atoms with Gasteiger partial charge in [0.15, 0.2) is 9.84 Å². The monoisotopic (exact) mass is 281 g/mol. The third kappa shape index (κ3) is 3.12. The van der Waals surface area contributed by atoms with Crippen molar-refractivity contribution < 1.29 is 17.9 Å². The van der Waals surface area contributed by atoms with Crippen LogP contribution >= 0.6 is 0 Å². The minimum absolute atomic E-state index is 0.0229. The highest BCUT2D eigenvalue weighted by molar-refractivity contribution is 7.90. The van der Waals surface area contributed by atoms with Crippen molar-refractivity contribution >= 4 is 15.8 Å². The van der Waals surface area contributed by atoms with Crippen LogP contribution in [0.2, 0.25) is 0 Å². The number of sulfone groups is 1. The SMILES string of the molecule is CCCc1ccc(C(=O)OC)c(C#N)c1S(C)(=O)=O. The summed E-state index contributed by atoms with van der Waals surface area (Å²) in [6.07, 6.45) is 2.30. The van der Waals surface area contributed by atoms with Crippen molar-refractivity contribution in [3.8, 4) is 6.07 Å². The van der Waals surface area contributed by atoms with Crippen LogP contribution in [0.15, 0.2) is 17.0 Å². The molecule has 1 aromatic rings. The van der Waals surface area contributed by atoms with Gasteiger partial charge in [-0.1, -0.05) is 19.4 Å². The summed E-state index contributed by atoms with van der Waals surface area (Å²) in [7, 11) is -2.41. The Morgan fingerprint density at radius 3 is 2.47 bits per heavy atom. The van der Waals surface area contributed by atoms with Gasteiger partial charge >= 0.3 is 5.97 Å². The molecule has 0 atom stereocenters. The Bertz CT molecular complexity index is 641. The molecule has 0 N–H and O–H groups in total. The third-order valence-electron chi connectivity index (χ3n) is 2.65. The van der Waals surface area contributed by atoms with Crippen molar-refractivity contribution in [2.24, 2.45) is 0 Å². The zero-order chi connectivity index (χ0) is 14.6. The van der Waals surface area contributed by atoms with Gasteiger partial charge in [-0.3, -0.25) is 0 Å². The first-order valence-corrected chi connectivity index (χ1v) is 7.60. The van der Waals surface area contributed by atoms with Crippen molar-refractivity contribution in [2.45, 2.75) is 24.7 Å². The van der Waals surface area contributed by atoms with Crippen molar-refractivity contribution in [3.05, 3.63) is 28.8 Å². The number of aryl methyl sites for hydroxylation is 1. The number of ether oxygens (including phenoxy) is 1. The van der Waals surface area contributed by atoms with Gasteiger partial charge in [0.25, 0.3) is 0 Å². The molecular weight excluding hydrogens is 266 g/mol. The highest BCUT2D eigenvalue weighted by Gasteiger charge is 2.24. The molecule has 0 unspecified atom stereocenters. The fourth-order valence-corrected chi connectivity index (χ4v) is 3.08. The van der Waals surface area contributed by atoms with E-state index >= 15 is 0 Å². The van der Waals surface area contributed by atoms with E-state index in [1.54, 1.807) is 12.1 Å². The molecular formula is C13H15NO4S. The Morgan fingerprint density at radius 1 is 1.42 bits per heavy atom. The van der Waals surface area contributed by atoms with Crippen molar-refractivity contribution in [2.75, 3.05) is 13.4 Å². The maximum absolute atomic E-state index is 11.9. The Hall–Kier alpha value is -1.87. The van der Waals surface area contributed by atoms with Gasteiger partial charge in [0.05, 0.1) is 23.1 Å². The Labute approximate surface area is 112 Å². The second-order valence-electron chi connectivity index (χ2n) is 4.10. The number of hydrogen-bond donors (Lipinski definition) is 0. The lowest BCUT2D eigenvalue weighted by molar-refractivity contribution is 0.0600. The molecule has 102 valence electrons. The molecule has 0 saturated carbocycles. The summed E-state index contributed by atoms with van der Waals surface area (Å²) >= 11 is 0. The Morgan fingerprint density at radius 2 is 2.05 bits per heavy atom. The minimum Gasteiger partial charge on any atom is -0.465 e. The largest absolute Gasteiger partial charge is 0.465 e. The molecule has 0 aliphatic rings. The number of benzene rings is 1. The molecule has 0 aromatic heterocycles. The molecule has 1 rings (SSSR count). The number of esters is 1. The molecule has 0 amide bonds. The van der Waals surface area contributed by atoms with E-state index in [0.29, 0.717) is 12.0 Å². The van der Waals surface area contributed by atoms with E-state index in [4.69, 9.17) is 0 Å². The van der Waals surface area contributed by atoms with Crippen LogP contribution in [0.1, 0.15) is 34.8 Å². The first-order valence-electron chi connectivity index (χ1n) is 5.71. The van der Waals surface area contributed by atoms with Gasteiger partial charge in [-0.15, -0.1) is 0 Å². The fraction of sp³-hybridized carbons (Fsp3) is 0.385. The molecule has 0 heterocycles. The van der Waals surface area contributed by atoms with Crippen LogP contribution in [-0.2, 0) is 21.0 Å². The molecule has 0 spiro atoms. The summed E-state index contributed by atoms with van der Waals surface area (Å²) in [4.78, 5) is 11.5. The lowest BCUT2D eigenvalue weighted by Crippen LogP contribution is -2.12. The average Bonchev–Trinajstić information content (AvgIpc) is 2.36. The van der Waals surface area contributed by atoms with Gasteiger partial charge in [-0.25, -0.2) is 13.2 Å². The third-order valence-corrected chi connectivity index (χ3v) is 3.85. The summed E-state index contributed by atoms with van der Waals surface area (Å²) in [5, 5.41) is 9.18. The smallest absolute Gasteiger partial charge is 0.339 e. The van der Waals surface area contributed by atoms with Gasteiger partial charge in [-0.05, 0) is 18.1 Å². The number of methoxy groups -OCH3 is 1. The summed E-state index contributed by atoms with van der Waals surface area (Å²) in [5.41, 5.74) is 0.389. The minimum atomic E-state index is -3.59. The molecule has 0 radical (unpaired) electrons. The van der Waals surface area contributed by atoms with E-state index in [1.165, 1.54) is 13.2 Å². The second-order valence-corrected chi connectivity index (χ2v) is 6.05. The molecule has 5 nitrogen and oxygen atoms in total. The first kappa shape index (κ1) is 15.2. The van der Waals surface area contributed by atoms with E-state index < -0.39 is 15.8 Å². The zero-order valence-electron chi connectivity index (χ0n) is 11.1. The van der Waals surface area contributed by atoms with E-state index in [9.17, 15) is 18.5 Å². The number of hydrogen-bond acceptors (Lipinski definition) is 5. The number of rotatable bonds is 4. The first-order chi connectivity index (χ1) is 8.86. The molecule has 6 heteroatoms. The van der Waals surface area contributed by atoms with Crippen molar-refractivity contribution in [1.29, 1.82) is 5.26 Å². The zero-order valence-corrected chi connectivity index (χ0v) is 11.9. The predicted octanol–water partition coefficient (Wildman–Crippen LogP) is 1.70. The normalized spacial score (nSPS) is 10.8. The van der Waals surface area contributed by atoms with Gasteiger partial charge in [-0.2, -0.15) is 5.26 Å². The Balaban J connectivity index is 3.71. The lowest BCUT2D eigenvalue weighted by Gasteiger charge is -2.12. The number of nitriles is 1. The van der Waals surface area contributed by atoms with Crippen molar-refractivity contribution in [3.63, 3.8) is 0 Å². The van der Waals surface area contributed by atoms with Crippen LogP contribution in [-0.4, -0.2) is 27.8 Å². The van der Waals surface area contributed by atoms with Gasteiger partial charge in [0.1, 0.15) is 6.07 Å². The average molecular weight is 281 g/mol. The molecule has 1 aromatic carbocycles. The van der Waals surface area contributed by atoms with Crippen LogP contribution in [0, 0.1) is 11.3 Å². The van der Waals surface area contributed by atoms with Crippen LogP contribution < -0.4 is 0 Å². The van der Waals surface area contributed by atoms with E-state index in [2.05, 4.69) is 4.74 Å². The molecule has 0 saturated heterocycles. The quantitative estimate of drug-likeness (QED) is 0.784. The molecule has 0 aliphatic carbocycles. The van der Waals surface area contributed by atoms with E-state index in [-0.39, 0.29) is 16.0 Å². The molecule has 0 aliphatic heterocycles. The summed E-state index contributed by atoms with van der Waals surface area (Å²) in [5.74, 6) is -0.718. The predicted molar refractivity (Wildman–Crippen MR) is 69.6 cm³/mol. The highest BCUT2D eigenvalue weighted by Crippen LogP contribution is 2.25. The number of carbonyl (C=O) groups excluding carboxylic acids is 1. The second kappa shape index (κ2) is 5.85. The maximum atomic E-state index is 11.9. The molecule has 0 fully saturated rings. The Kier molecular flexibility index (Phi) is 4.67. The van der Waals surface area contributed by atoms with Crippen LogP contribution in [0.5, 0.6) is 0 Å². The molecule has 0 bridgehead atoms. The maximum Gasteiger partial charge on any atom is 0.339 e. The fourth-order valence-electron chi connectivity index (χ4n) is 1.91. The highest BCUT2D eigenvalue weighted by atomic mass is 32.2. The van der Waals surface area contributed by atoms with Crippen molar-refractivity contribution in [1.82, 2.24) is 0 Å². The lowest BCUT2D eigenvalue weighted by atomic mass is 10.0. The van der Waals surface area contributed by atoms with E-state index in [0.717, 1.165) is 12.7 Å². The molecule has 19 heavy (non-hydrogen) atoms. The summed E-state index contributed by atoms with van der Waals surface area (Å²) < 4.78 is 28.3. The van der Waals surface area contributed by atoms with E-state index in [1.807, 2.05) is 6.92 Å². The van der Waals surface area contributed by atoms with Crippen LogP contribution in [0.3, 0.4) is 0 Å². The summed E-state index contributed by atoms with van der Waals surface area (Å²) in [6.45, 7) is 1.91. The van der Waals surface area contributed by atoms with Crippen LogP contribution in [0.25, 0.3) is 0 Å². The topological polar surface area (TPSA) is 84.2 Å². The number of nitrogens with zero attached hydrogens (tertiary/aromatic N) is 1. The van der Waals surface area contributed by atoms with Gasteiger partial charge < -0.3 is 4.74 Å². The van der Waals surface area contributed by atoms with Crippen LogP contribution in [0.4, 0.5) is 0 Å².